The van der Waals surface area contributed by atoms with Gasteiger partial charge in [0.1, 0.15) is 11.6 Å². The molecule has 3 aromatic rings. The fraction of sp³-hybridized carbons (Fsp3) is 0.158. The lowest BCUT2D eigenvalue weighted by atomic mass is 10.1. The van der Waals surface area contributed by atoms with Crippen LogP contribution in [0.15, 0.2) is 61.1 Å². The molecule has 0 atom stereocenters. The smallest absolute Gasteiger partial charge is 0.160 e. The van der Waals surface area contributed by atoms with E-state index in [1.165, 1.54) is 0 Å². The molecule has 0 spiro atoms. The lowest BCUT2D eigenvalue weighted by Gasteiger charge is -2.12. The molecule has 6 heteroatoms. The minimum atomic E-state index is 0.396. The second-order valence-corrected chi connectivity index (χ2v) is 5.43. The molecule has 0 saturated carbocycles. The third-order valence-electron chi connectivity index (χ3n) is 3.44. The Balaban J connectivity index is 1.78. The summed E-state index contributed by atoms with van der Waals surface area (Å²) in [5, 5.41) is 0. The molecule has 0 aliphatic heterocycles. The fourth-order valence-corrected chi connectivity index (χ4v) is 2.30. The summed E-state index contributed by atoms with van der Waals surface area (Å²) in [4.78, 5) is 13.7. The SMILES string of the molecule is CCCOc1ccccc1-c1cncc(NOc2ccnc(N)c2)c1. The van der Waals surface area contributed by atoms with E-state index in [0.717, 1.165) is 29.0 Å². The Morgan fingerprint density at radius 2 is 2.00 bits per heavy atom. The summed E-state index contributed by atoms with van der Waals surface area (Å²) in [7, 11) is 0. The van der Waals surface area contributed by atoms with Crippen molar-refractivity contribution in [3.05, 3.63) is 61.1 Å². The van der Waals surface area contributed by atoms with E-state index in [0.29, 0.717) is 18.2 Å². The highest BCUT2D eigenvalue weighted by atomic mass is 16.6. The van der Waals surface area contributed by atoms with Crippen LogP contribution in [0.4, 0.5) is 11.5 Å². The summed E-state index contributed by atoms with van der Waals surface area (Å²) < 4.78 is 5.82. The first-order chi connectivity index (χ1) is 12.3. The van der Waals surface area contributed by atoms with Crippen LogP contribution in [0.5, 0.6) is 11.5 Å². The van der Waals surface area contributed by atoms with E-state index in [4.69, 9.17) is 15.3 Å². The van der Waals surface area contributed by atoms with Gasteiger partial charge in [0.15, 0.2) is 5.75 Å². The quantitative estimate of drug-likeness (QED) is 0.636. The zero-order valence-corrected chi connectivity index (χ0v) is 14.0. The molecule has 3 rings (SSSR count). The number of anilines is 2. The van der Waals surface area contributed by atoms with Gasteiger partial charge in [-0.1, -0.05) is 25.1 Å². The Hall–Kier alpha value is -3.28. The molecule has 0 aliphatic rings. The van der Waals surface area contributed by atoms with Gasteiger partial charge in [-0.05, 0) is 18.6 Å². The molecule has 0 unspecified atom stereocenters. The van der Waals surface area contributed by atoms with Crippen molar-refractivity contribution in [2.75, 3.05) is 17.8 Å². The number of rotatable bonds is 7. The van der Waals surface area contributed by atoms with E-state index in [9.17, 15) is 0 Å². The maximum Gasteiger partial charge on any atom is 0.160 e. The van der Waals surface area contributed by atoms with Gasteiger partial charge in [-0.25, -0.2) is 10.5 Å². The summed E-state index contributed by atoms with van der Waals surface area (Å²) in [5.41, 5.74) is 11.2. The van der Waals surface area contributed by atoms with Crippen LogP contribution in [0.2, 0.25) is 0 Å². The molecule has 0 saturated heterocycles. The molecule has 2 aromatic heterocycles. The molecule has 0 fully saturated rings. The van der Waals surface area contributed by atoms with Gasteiger partial charge in [0.2, 0.25) is 0 Å². The van der Waals surface area contributed by atoms with Crippen LogP contribution < -0.4 is 20.8 Å². The molecule has 128 valence electrons. The van der Waals surface area contributed by atoms with Crippen molar-refractivity contribution in [3.8, 4) is 22.6 Å². The van der Waals surface area contributed by atoms with Crippen LogP contribution in [0.3, 0.4) is 0 Å². The summed E-state index contributed by atoms with van der Waals surface area (Å²) >= 11 is 0. The summed E-state index contributed by atoms with van der Waals surface area (Å²) in [6.07, 6.45) is 6.02. The molecule has 0 amide bonds. The lowest BCUT2D eigenvalue weighted by Crippen LogP contribution is -2.05. The summed E-state index contributed by atoms with van der Waals surface area (Å²) in [6.45, 7) is 2.76. The predicted molar refractivity (Wildman–Crippen MR) is 98.4 cm³/mol. The van der Waals surface area contributed by atoms with Crippen molar-refractivity contribution in [1.82, 2.24) is 9.97 Å². The first-order valence-corrected chi connectivity index (χ1v) is 8.08. The van der Waals surface area contributed by atoms with Crippen molar-refractivity contribution in [2.24, 2.45) is 0 Å². The molecule has 0 aliphatic carbocycles. The number of pyridine rings is 2. The lowest BCUT2D eigenvalue weighted by molar-refractivity contribution is 0.318. The number of nitrogen functional groups attached to an aromatic ring is 1. The van der Waals surface area contributed by atoms with Gasteiger partial charge >= 0.3 is 0 Å². The number of benzene rings is 1. The van der Waals surface area contributed by atoms with Crippen molar-refractivity contribution in [1.29, 1.82) is 0 Å². The van der Waals surface area contributed by atoms with E-state index in [1.807, 2.05) is 30.3 Å². The Morgan fingerprint density at radius 1 is 1.12 bits per heavy atom. The van der Waals surface area contributed by atoms with Gasteiger partial charge in [0, 0.05) is 35.7 Å². The highest BCUT2D eigenvalue weighted by Crippen LogP contribution is 2.30. The Morgan fingerprint density at radius 3 is 2.84 bits per heavy atom. The molecule has 2 heterocycles. The monoisotopic (exact) mass is 336 g/mol. The molecule has 0 bridgehead atoms. The largest absolute Gasteiger partial charge is 0.493 e. The van der Waals surface area contributed by atoms with E-state index in [2.05, 4.69) is 22.4 Å². The van der Waals surface area contributed by atoms with Gasteiger partial charge in [-0.15, -0.1) is 0 Å². The number of nitrogens with one attached hydrogen (secondary N) is 1. The third kappa shape index (κ3) is 4.38. The number of ether oxygens (including phenoxy) is 1. The first-order valence-electron chi connectivity index (χ1n) is 8.08. The van der Waals surface area contributed by atoms with Gasteiger partial charge in [0.25, 0.3) is 0 Å². The van der Waals surface area contributed by atoms with Crippen molar-refractivity contribution in [3.63, 3.8) is 0 Å². The van der Waals surface area contributed by atoms with Gasteiger partial charge in [-0.3, -0.25) is 4.98 Å². The molecular weight excluding hydrogens is 316 g/mol. The standard InChI is InChI=1S/C19H20N4O2/c1-2-9-24-18-6-4-3-5-17(18)14-10-15(13-21-12-14)23-25-16-7-8-22-19(20)11-16/h3-8,10-13,23H,2,9H2,1H3,(H2,20,22). The maximum atomic E-state index is 5.82. The average Bonchev–Trinajstić information content (AvgIpc) is 2.65. The van der Waals surface area contributed by atoms with E-state index < -0.39 is 0 Å². The van der Waals surface area contributed by atoms with Crippen molar-refractivity contribution >= 4 is 11.5 Å². The van der Waals surface area contributed by atoms with Crippen LogP contribution in [-0.4, -0.2) is 16.6 Å². The molecule has 1 aromatic carbocycles. The van der Waals surface area contributed by atoms with Crippen LogP contribution in [0, 0.1) is 0 Å². The Kier molecular flexibility index (Phi) is 5.31. The number of aromatic nitrogens is 2. The van der Waals surface area contributed by atoms with Crippen LogP contribution in [0.25, 0.3) is 11.1 Å². The summed E-state index contributed by atoms with van der Waals surface area (Å²) in [6, 6.07) is 13.2. The topological polar surface area (TPSA) is 82.3 Å². The zero-order chi connectivity index (χ0) is 17.5. The van der Waals surface area contributed by atoms with Gasteiger partial charge in [0.05, 0.1) is 18.5 Å². The van der Waals surface area contributed by atoms with Crippen LogP contribution >= 0.6 is 0 Å². The summed E-state index contributed by atoms with van der Waals surface area (Å²) in [5.74, 6) is 1.81. The minimum absolute atomic E-state index is 0.396. The molecular formula is C19H20N4O2. The molecule has 25 heavy (non-hydrogen) atoms. The van der Waals surface area contributed by atoms with Gasteiger partial charge < -0.3 is 15.3 Å². The second kappa shape index (κ2) is 8.01. The minimum Gasteiger partial charge on any atom is -0.493 e. The zero-order valence-electron chi connectivity index (χ0n) is 14.0. The Bertz CT molecular complexity index is 839. The van der Waals surface area contributed by atoms with E-state index >= 15 is 0 Å². The number of hydrogen-bond donors (Lipinski definition) is 2. The highest BCUT2D eigenvalue weighted by molar-refractivity contribution is 5.72. The number of para-hydroxylation sites is 1. The normalized spacial score (nSPS) is 10.3. The average molecular weight is 336 g/mol. The van der Waals surface area contributed by atoms with Crippen LogP contribution in [-0.2, 0) is 0 Å². The highest BCUT2D eigenvalue weighted by Gasteiger charge is 2.07. The predicted octanol–water partition coefficient (Wildman–Crippen LogP) is 3.92. The van der Waals surface area contributed by atoms with Crippen molar-refractivity contribution in [2.45, 2.75) is 13.3 Å². The van der Waals surface area contributed by atoms with Crippen LogP contribution in [0.1, 0.15) is 13.3 Å². The van der Waals surface area contributed by atoms with Gasteiger partial charge in [-0.2, -0.15) is 0 Å². The molecule has 6 nitrogen and oxygen atoms in total. The Labute approximate surface area is 146 Å². The fourth-order valence-electron chi connectivity index (χ4n) is 2.30. The first kappa shape index (κ1) is 16.6. The van der Waals surface area contributed by atoms with E-state index in [1.54, 1.807) is 30.7 Å². The molecule has 0 radical (unpaired) electrons. The van der Waals surface area contributed by atoms with E-state index in [-0.39, 0.29) is 0 Å². The van der Waals surface area contributed by atoms with Crippen molar-refractivity contribution < 1.29 is 9.57 Å². The number of nitrogens with zero attached hydrogens (tertiary/aromatic N) is 2. The molecule has 3 N–H and O–H groups in total. The number of hydrogen-bond acceptors (Lipinski definition) is 6. The third-order valence-corrected chi connectivity index (χ3v) is 3.44. The second-order valence-electron chi connectivity index (χ2n) is 5.43. The maximum absolute atomic E-state index is 5.82. The number of nitrogens with two attached hydrogens (primary N) is 1.